The van der Waals surface area contributed by atoms with Gasteiger partial charge < -0.3 is 9.84 Å². The lowest BCUT2D eigenvalue weighted by Gasteiger charge is -2.32. The first-order valence-electron chi connectivity index (χ1n) is 5.80. The quantitative estimate of drug-likeness (QED) is 0.909. The van der Waals surface area contributed by atoms with Crippen LogP contribution in [0.1, 0.15) is 34.1 Å². The van der Waals surface area contributed by atoms with Crippen LogP contribution >= 0.6 is 15.9 Å². The number of carboxylic acid groups (broad SMARTS) is 1. The Kier molecular flexibility index (Phi) is 4.43. The summed E-state index contributed by atoms with van der Waals surface area (Å²) in [4.78, 5) is 11.4. The molecule has 1 aromatic rings. The van der Waals surface area contributed by atoms with E-state index in [1.165, 1.54) is 0 Å². The van der Waals surface area contributed by atoms with Crippen molar-refractivity contribution in [3.8, 4) is 5.75 Å². The third kappa shape index (κ3) is 4.33. The summed E-state index contributed by atoms with van der Waals surface area (Å²) in [6.45, 7) is 7.61. The lowest BCUT2D eigenvalue weighted by atomic mass is 9.82. The number of ether oxygens (including phenoxy) is 1. The zero-order valence-corrected chi connectivity index (χ0v) is 12.7. The Bertz CT molecular complexity index is 420. The molecular weight excluding hydrogens is 296 g/mol. The fourth-order valence-corrected chi connectivity index (χ4v) is 2.19. The molecule has 0 aliphatic heterocycles. The standard InChI is InChI=1S/C14H19BrO3/c1-13(2,3)9-14(4,12(16)17)18-11-7-5-10(15)6-8-11/h5-8H,9H2,1-4H3,(H,16,17). The second-order valence-corrected chi connectivity index (χ2v) is 6.75. The highest BCUT2D eigenvalue weighted by Crippen LogP contribution is 2.31. The zero-order valence-electron chi connectivity index (χ0n) is 11.2. The first-order chi connectivity index (χ1) is 8.12. The van der Waals surface area contributed by atoms with E-state index in [0.717, 1.165) is 4.47 Å². The molecule has 0 bridgehead atoms. The van der Waals surface area contributed by atoms with E-state index >= 15 is 0 Å². The number of benzene rings is 1. The monoisotopic (exact) mass is 314 g/mol. The number of rotatable bonds is 4. The summed E-state index contributed by atoms with van der Waals surface area (Å²) >= 11 is 3.33. The highest BCUT2D eigenvalue weighted by molar-refractivity contribution is 9.10. The Balaban J connectivity index is 2.93. The van der Waals surface area contributed by atoms with Gasteiger partial charge in [0, 0.05) is 10.9 Å². The van der Waals surface area contributed by atoms with E-state index in [1.807, 2.05) is 32.9 Å². The van der Waals surface area contributed by atoms with E-state index in [1.54, 1.807) is 19.1 Å². The van der Waals surface area contributed by atoms with Crippen molar-refractivity contribution in [1.82, 2.24) is 0 Å². The fourth-order valence-electron chi connectivity index (χ4n) is 1.93. The van der Waals surface area contributed by atoms with Crippen LogP contribution in [0.15, 0.2) is 28.7 Å². The molecular formula is C14H19BrO3. The molecule has 0 aliphatic carbocycles. The molecule has 0 saturated carbocycles. The molecule has 1 unspecified atom stereocenters. The zero-order chi connectivity index (χ0) is 14.0. The number of halogens is 1. The van der Waals surface area contributed by atoms with Gasteiger partial charge in [-0.25, -0.2) is 4.79 Å². The van der Waals surface area contributed by atoms with Crippen LogP contribution in [0.4, 0.5) is 0 Å². The lowest BCUT2D eigenvalue weighted by Crippen LogP contribution is -2.44. The van der Waals surface area contributed by atoms with Gasteiger partial charge in [0.05, 0.1) is 0 Å². The van der Waals surface area contributed by atoms with Crippen molar-refractivity contribution >= 4 is 21.9 Å². The predicted molar refractivity (Wildman–Crippen MR) is 74.9 cm³/mol. The second-order valence-electron chi connectivity index (χ2n) is 5.83. The number of aliphatic carboxylic acids is 1. The van der Waals surface area contributed by atoms with Gasteiger partial charge in [0.25, 0.3) is 0 Å². The molecule has 1 aromatic carbocycles. The molecule has 18 heavy (non-hydrogen) atoms. The number of hydrogen-bond acceptors (Lipinski definition) is 2. The topological polar surface area (TPSA) is 46.5 Å². The van der Waals surface area contributed by atoms with Gasteiger partial charge in [0.1, 0.15) is 5.75 Å². The van der Waals surface area contributed by atoms with Crippen molar-refractivity contribution in [3.05, 3.63) is 28.7 Å². The molecule has 0 heterocycles. The van der Waals surface area contributed by atoms with Gasteiger partial charge in [-0.3, -0.25) is 0 Å². The summed E-state index contributed by atoms with van der Waals surface area (Å²) in [6.07, 6.45) is 0.436. The lowest BCUT2D eigenvalue weighted by molar-refractivity contribution is -0.156. The summed E-state index contributed by atoms with van der Waals surface area (Å²) in [5.74, 6) is -0.382. The van der Waals surface area contributed by atoms with Crippen molar-refractivity contribution in [2.45, 2.75) is 39.7 Å². The van der Waals surface area contributed by atoms with Crippen LogP contribution in [0, 0.1) is 5.41 Å². The Hall–Kier alpha value is -1.03. The average Bonchev–Trinajstić information content (AvgIpc) is 2.18. The van der Waals surface area contributed by atoms with Crippen LogP contribution in [-0.4, -0.2) is 16.7 Å². The molecule has 4 heteroatoms. The Morgan fingerprint density at radius 3 is 2.11 bits per heavy atom. The normalized spacial score (nSPS) is 14.9. The van der Waals surface area contributed by atoms with Crippen LogP contribution in [-0.2, 0) is 4.79 Å². The highest BCUT2D eigenvalue weighted by Gasteiger charge is 2.39. The van der Waals surface area contributed by atoms with E-state index in [-0.39, 0.29) is 5.41 Å². The van der Waals surface area contributed by atoms with Gasteiger partial charge in [-0.05, 0) is 36.6 Å². The Morgan fingerprint density at radius 2 is 1.72 bits per heavy atom. The molecule has 0 saturated heterocycles. The molecule has 1 N–H and O–H groups in total. The highest BCUT2D eigenvalue weighted by atomic mass is 79.9. The summed E-state index contributed by atoms with van der Waals surface area (Å²) < 4.78 is 6.61. The van der Waals surface area contributed by atoms with Gasteiger partial charge in [-0.2, -0.15) is 0 Å². The summed E-state index contributed by atoms with van der Waals surface area (Å²) in [5, 5.41) is 9.38. The smallest absolute Gasteiger partial charge is 0.347 e. The SMILES string of the molecule is CC(C)(C)CC(C)(Oc1ccc(Br)cc1)C(=O)O. The van der Waals surface area contributed by atoms with Crippen molar-refractivity contribution in [3.63, 3.8) is 0 Å². The predicted octanol–water partition coefficient (Wildman–Crippen LogP) is 4.11. The van der Waals surface area contributed by atoms with Crippen LogP contribution in [0.2, 0.25) is 0 Å². The van der Waals surface area contributed by atoms with E-state index in [9.17, 15) is 9.90 Å². The van der Waals surface area contributed by atoms with E-state index in [2.05, 4.69) is 15.9 Å². The van der Waals surface area contributed by atoms with Gasteiger partial charge in [-0.15, -0.1) is 0 Å². The van der Waals surface area contributed by atoms with E-state index in [4.69, 9.17) is 4.74 Å². The van der Waals surface area contributed by atoms with Gasteiger partial charge in [0.15, 0.2) is 0 Å². The minimum atomic E-state index is -1.22. The van der Waals surface area contributed by atoms with Crippen molar-refractivity contribution in [2.24, 2.45) is 5.41 Å². The molecule has 0 amide bonds. The van der Waals surface area contributed by atoms with Gasteiger partial charge >= 0.3 is 5.97 Å². The maximum absolute atomic E-state index is 11.4. The van der Waals surface area contributed by atoms with Crippen LogP contribution in [0.3, 0.4) is 0 Å². The van der Waals surface area contributed by atoms with Gasteiger partial charge in [-0.1, -0.05) is 36.7 Å². The number of carbonyl (C=O) groups is 1. The van der Waals surface area contributed by atoms with Crippen molar-refractivity contribution in [1.29, 1.82) is 0 Å². The van der Waals surface area contributed by atoms with Crippen LogP contribution < -0.4 is 4.74 Å². The molecule has 0 aromatic heterocycles. The average molecular weight is 315 g/mol. The van der Waals surface area contributed by atoms with Crippen molar-refractivity contribution in [2.75, 3.05) is 0 Å². The number of hydrogen-bond donors (Lipinski definition) is 1. The van der Waals surface area contributed by atoms with E-state index in [0.29, 0.717) is 12.2 Å². The minimum absolute atomic E-state index is 0.123. The molecule has 100 valence electrons. The first-order valence-corrected chi connectivity index (χ1v) is 6.60. The molecule has 1 atom stereocenters. The second kappa shape index (κ2) is 5.31. The summed E-state index contributed by atoms with van der Waals surface area (Å²) in [5.41, 5.74) is -1.34. The minimum Gasteiger partial charge on any atom is -0.478 e. The molecule has 1 rings (SSSR count). The third-order valence-corrected chi connectivity index (χ3v) is 3.01. The molecule has 0 spiro atoms. The van der Waals surface area contributed by atoms with E-state index < -0.39 is 11.6 Å². The Morgan fingerprint density at radius 1 is 1.22 bits per heavy atom. The largest absolute Gasteiger partial charge is 0.478 e. The summed E-state index contributed by atoms with van der Waals surface area (Å²) in [7, 11) is 0. The van der Waals surface area contributed by atoms with Crippen molar-refractivity contribution < 1.29 is 14.6 Å². The molecule has 0 fully saturated rings. The maximum atomic E-state index is 11.4. The maximum Gasteiger partial charge on any atom is 0.347 e. The first kappa shape index (κ1) is 15.0. The van der Waals surface area contributed by atoms with Crippen LogP contribution in [0.5, 0.6) is 5.75 Å². The number of carboxylic acids is 1. The van der Waals surface area contributed by atoms with Crippen LogP contribution in [0.25, 0.3) is 0 Å². The van der Waals surface area contributed by atoms with Gasteiger partial charge in [0.2, 0.25) is 5.60 Å². The Labute approximate surface area is 116 Å². The third-order valence-electron chi connectivity index (χ3n) is 2.48. The molecule has 3 nitrogen and oxygen atoms in total. The fraction of sp³-hybridized carbons (Fsp3) is 0.500. The summed E-state index contributed by atoms with van der Waals surface area (Å²) in [6, 6.07) is 7.17. The molecule has 0 aliphatic rings. The molecule has 0 radical (unpaired) electrons.